The summed E-state index contributed by atoms with van der Waals surface area (Å²) < 4.78 is 5.44. The van der Waals surface area contributed by atoms with E-state index in [2.05, 4.69) is 37.9 Å². The summed E-state index contributed by atoms with van der Waals surface area (Å²) in [6.07, 6.45) is 1.25. The molecular weight excluding hydrogens is 200 g/mol. The van der Waals surface area contributed by atoms with Crippen molar-refractivity contribution in [1.82, 2.24) is 10.2 Å². The maximum atomic E-state index is 5.44. The molecule has 3 heteroatoms. The lowest BCUT2D eigenvalue weighted by Gasteiger charge is -2.33. The summed E-state index contributed by atoms with van der Waals surface area (Å²) in [6.45, 7) is 15.3. The Labute approximate surface area is 101 Å². The van der Waals surface area contributed by atoms with Gasteiger partial charge in [-0.2, -0.15) is 0 Å². The molecule has 0 aliphatic carbocycles. The molecule has 1 fully saturated rings. The first kappa shape index (κ1) is 13.9. The largest absolute Gasteiger partial charge is 0.380 e. The van der Waals surface area contributed by atoms with Crippen LogP contribution < -0.4 is 5.32 Å². The van der Waals surface area contributed by atoms with Crippen molar-refractivity contribution < 1.29 is 4.74 Å². The predicted octanol–water partition coefficient (Wildman–Crippen LogP) is 1.73. The zero-order valence-corrected chi connectivity index (χ0v) is 11.4. The third kappa shape index (κ3) is 4.81. The highest BCUT2D eigenvalue weighted by atomic mass is 16.5. The lowest BCUT2D eigenvalue weighted by Crippen LogP contribution is -2.46. The van der Waals surface area contributed by atoms with Gasteiger partial charge in [0, 0.05) is 25.7 Å². The highest BCUT2D eigenvalue weighted by Crippen LogP contribution is 2.21. The number of nitrogens with zero attached hydrogens (tertiary/aromatic N) is 1. The van der Waals surface area contributed by atoms with Gasteiger partial charge in [-0.05, 0) is 31.8 Å². The van der Waals surface area contributed by atoms with Crippen molar-refractivity contribution in [3.63, 3.8) is 0 Å². The zero-order valence-electron chi connectivity index (χ0n) is 11.4. The molecule has 0 radical (unpaired) electrons. The molecule has 96 valence electrons. The van der Waals surface area contributed by atoms with Crippen LogP contribution in [0.3, 0.4) is 0 Å². The van der Waals surface area contributed by atoms with Gasteiger partial charge >= 0.3 is 0 Å². The van der Waals surface area contributed by atoms with Crippen LogP contribution in [0.5, 0.6) is 0 Å². The first-order valence-corrected chi connectivity index (χ1v) is 6.57. The maximum Gasteiger partial charge on any atom is 0.0593 e. The van der Waals surface area contributed by atoms with Crippen molar-refractivity contribution >= 4 is 0 Å². The molecule has 0 aromatic heterocycles. The Balaban J connectivity index is 2.39. The second-order valence-electron chi connectivity index (χ2n) is 5.72. The Bertz CT molecular complexity index is 189. The van der Waals surface area contributed by atoms with Crippen molar-refractivity contribution in [1.29, 1.82) is 0 Å². The van der Waals surface area contributed by atoms with Crippen LogP contribution in [0.25, 0.3) is 0 Å². The SMILES string of the molecule is CCOCCN1CCCNC(C(C)(C)C)C1. The summed E-state index contributed by atoms with van der Waals surface area (Å²) in [7, 11) is 0. The van der Waals surface area contributed by atoms with Gasteiger partial charge in [-0.25, -0.2) is 0 Å². The highest BCUT2D eigenvalue weighted by Gasteiger charge is 2.27. The van der Waals surface area contributed by atoms with E-state index < -0.39 is 0 Å². The number of hydrogen-bond donors (Lipinski definition) is 1. The van der Waals surface area contributed by atoms with Gasteiger partial charge in [0.25, 0.3) is 0 Å². The Morgan fingerprint density at radius 1 is 1.38 bits per heavy atom. The van der Waals surface area contributed by atoms with Crippen molar-refractivity contribution in [2.24, 2.45) is 5.41 Å². The fourth-order valence-electron chi connectivity index (χ4n) is 2.11. The van der Waals surface area contributed by atoms with E-state index >= 15 is 0 Å². The van der Waals surface area contributed by atoms with Gasteiger partial charge in [-0.15, -0.1) is 0 Å². The molecule has 1 N–H and O–H groups in total. The molecular formula is C13H28N2O. The quantitative estimate of drug-likeness (QED) is 0.742. The smallest absolute Gasteiger partial charge is 0.0593 e. The van der Waals surface area contributed by atoms with E-state index in [1.807, 2.05) is 0 Å². The molecule has 1 atom stereocenters. The molecule has 0 aromatic rings. The van der Waals surface area contributed by atoms with Gasteiger partial charge in [0.05, 0.1) is 6.61 Å². The third-order valence-corrected chi connectivity index (χ3v) is 3.28. The molecule has 3 nitrogen and oxygen atoms in total. The van der Waals surface area contributed by atoms with Gasteiger partial charge in [0.15, 0.2) is 0 Å². The van der Waals surface area contributed by atoms with Crippen LogP contribution in [0.15, 0.2) is 0 Å². The molecule has 0 spiro atoms. The van der Waals surface area contributed by atoms with Gasteiger partial charge in [-0.1, -0.05) is 20.8 Å². The van der Waals surface area contributed by atoms with Crippen molar-refractivity contribution in [2.45, 2.75) is 40.2 Å². The predicted molar refractivity (Wildman–Crippen MR) is 68.8 cm³/mol. The lowest BCUT2D eigenvalue weighted by atomic mass is 9.86. The van der Waals surface area contributed by atoms with E-state index in [4.69, 9.17) is 4.74 Å². The van der Waals surface area contributed by atoms with Crippen LogP contribution in [0.1, 0.15) is 34.1 Å². The Morgan fingerprint density at radius 2 is 2.12 bits per heavy atom. The highest BCUT2D eigenvalue weighted by molar-refractivity contribution is 4.85. The molecule has 0 aromatic carbocycles. The molecule has 1 rings (SSSR count). The van der Waals surface area contributed by atoms with Gasteiger partial charge in [0.2, 0.25) is 0 Å². The van der Waals surface area contributed by atoms with E-state index in [1.165, 1.54) is 13.0 Å². The number of ether oxygens (including phenoxy) is 1. The monoisotopic (exact) mass is 228 g/mol. The summed E-state index contributed by atoms with van der Waals surface area (Å²) in [6, 6.07) is 0.594. The number of rotatable bonds is 4. The molecule has 0 amide bonds. The number of nitrogens with one attached hydrogen (secondary N) is 1. The Hall–Kier alpha value is -0.120. The van der Waals surface area contributed by atoms with E-state index in [-0.39, 0.29) is 0 Å². The van der Waals surface area contributed by atoms with Crippen LogP contribution in [-0.2, 0) is 4.74 Å². The van der Waals surface area contributed by atoms with E-state index in [0.717, 1.165) is 32.8 Å². The summed E-state index contributed by atoms with van der Waals surface area (Å²) in [5.41, 5.74) is 0.341. The van der Waals surface area contributed by atoms with Gasteiger partial charge in [0.1, 0.15) is 0 Å². The second kappa shape index (κ2) is 6.58. The molecule has 0 bridgehead atoms. The zero-order chi connectivity index (χ0) is 12.0. The van der Waals surface area contributed by atoms with Crippen LogP contribution in [0.2, 0.25) is 0 Å². The summed E-state index contributed by atoms with van der Waals surface area (Å²) in [5.74, 6) is 0. The second-order valence-corrected chi connectivity index (χ2v) is 5.72. The molecule has 1 aliphatic rings. The van der Waals surface area contributed by atoms with Crippen LogP contribution in [0, 0.1) is 5.41 Å². The van der Waals surface area contributed by atoms with Crippen LogP contribution >= 0.6 is 0 Å². The van der Waals surface area contributed by atoms with Crippen molar-refractivity contribution in [2.75, 3.05) is 39.4 Å². The Morgan fingerprint density at radius 3 is 2.75 bits per heavy atom. The van der Waals surface area contributed by atoms with Crippen LogP contribution in [-0.4, -0.2) is 50.3 Å². The van der Waals surface area contributed by atoms with Gasteiger partial charge in [-0.3, -0.25) is 4.90 Å². The average molecular weight is 228 g/mol. The minimum Gasteiger partial charge on any atom is -0.380 e. The summed E-state index contributed by atoms with van der Waals surface area (Å²) >= 11 is 0. The summed E-state index contributed by atoms with van der Waals surface area (Å²) in [4.78, 5) is 2.53. The van der Waals surface area contributed by atoms with E-state index in [9.17, 15) is 0 Å². The molecule has 0 saturated carbocycles. The minimum atomic E-state index is 0.341. The topological polar surface area (TPSA) is 24.5 Å². The van der Waals surface area contributed by atoms with Crippen molar-refractivity contribution in [3.05, 3.63) is 0 Å². The molecule has 1 heterocycles. The first-order valence-electron chi connectivity index (χ1n) is 6.57. The third-order valence-electron chi connectivity index (χ3n) is 3.28. The average Bonchev–Trinajstić information content (AvgIpc) is 2.43. The van der Waals surface area contributed by atoms with Gasteiger partial charge < -0.3 is 10.1 Å². The summed E-state index contributed by atoms with van der Waals surface area (Å²) in [5, 5.41) is 3.66. The first-order chi connectivity index (χ1) is 7.54. The van der Waals surface area contributed by atoms with Crippen LogP contribution in [0.4, 0.5) is 0 Å². The lowest BCUT2D eigenvalue weighted by molar-refractivity contribution is 0.105. The van der Waals surface area contributed by atoms with Crippen molar-refractivity contribution in [3.8, 4) is 0 Å². The Kier molecular flexibility index (Phi) is 5.73. The fourth-order valence-corrected chi connectivity index (χ4v) is 2.11. The maximum absolute atomic E-state index is 5.44. The van der Waals surface area contributed by atoms with E-state index in [0.29, 0.717) is 11.5 Å². The number of hydrogen-bond acceptors (Lipinski definition) is 3. The fraction of sp³-hybridized carbons (Fsp3) is 1.00. The normalized spacial score (nSPS) is 24.4. The molecule has 1 unspecified atom stereocenters. The molecule has 1 saturated heterocycles. The molecule has 1 aliphatic heterocycles. The minimum absolute atomic E-state index is 0.341. The standard InChI is InChI=1S/C13H28N2O/c1-5-16-10-9-15-8-6-7-14-12(11-15)13(2,3)4/h12,14H,5-11H2,1-4H3. The molecule has 16 heavy (non-hydrogen) atoms. The van der Waals surface area contributed by atoms with E-state index in [1.54, 1.807) is 0 Å².